The summed E-state index contributed by atoms with van der Waals surface area (Å²) < 4.78 is 28.1. The van der Waals surface area contributed by atoms with Crippen molar-refractivity contribution in [3.8, 4) is 0 Å². The van der Waals surface area contributed by atoms with Crippen LogP contribution in [0.2, 0.25) is 0 Å². The normalized spacial score (nSPS) is 14.1. The maximum Gasteiger partial charge on any atom is 0.238 e. The molecule has 0 bridgehead atoms. The van der Waals surface area contributed by atoms with Crippen molar-refractivity contribution in [1.82, 2.24) is 10.6 Å². The van der Waals surface area contributed by atoms with E-state index in [2.05, 4.69) is 15.6 Å². The summed E-state index contributed by atoms with van der Waals surface area (Å²) in [6, 6.07) is 9.72. The van der Waals surface area contributed by atoms with E-state index in [-0.39, 0.29) is 42.0 Å². The molecule has 2 aromatic rings. The van der Waals surface area contributed by atoms with Crippen molar-refractivity contribution in [3.05, 3.63) is 54.0 Å². The molecule has 27 heavy (non-hydrogen) atoms. The molecule has 1 aromatic carbocycles. The molecule has 10 heteroatoms. The molecular formula is C17H25IN4O4S. The second-order valence-electron chi connectivity index (χ2n) is 5.99. The summed E-state index contributed by atoms with van der Waals surface area (Å²) in [5, 5.41) is 21.7. The number of halogens is 1. The van der Waals surface area contributed by atoms with Crippen LogP contribution in [0.1, 0.15) is 25.2 Å². The molecule has 8 nitrogen and oxygen atoms in total. The summed E-state index contributed by atoms with van der Waals surface area (Å²) in [6.07, 6.45) is 1.50. The van der Waals surface area contributed by atoms with Gasteiger partial charge >= 0.3 is 0 Å². The van der Waals surface area contributed by atoms with Gasteiger partial charge in [0.1, 0.15) is 11.4 Å². The first-order valence-corrected chi connectivity index (χ1v) is 9.67. The molecule has 0 saturated heterocycles. The lowest BCUT2D eigenvalue weighted by atomic mass is 10.0. The number of nitrogens with one attached hydrogen (secondary N) is 2. The van der Waals surface area contributed by atoms with Crippen LogP contribution in [-0.2, 0) is 22.2 Å². The highest BCUT2D eigenvalue weighted by atomic mass is 127. The lowest BCUT2D eigenvalue weighted by Gasteiger charge is -2.22. The number of furan rings is 1. The zero-order valence-corrected chi connectivity index (χ0v) is 18.3. The van der Waals surface area contributed by atoms with Gasteiger partial charge in [-0.15, -0.1) is 24.0 Å². The third-order valence-electron chi connectivity index (χ3n) is 3.64. The Hall–Kier alpha value is -1.63. The van der Waals surface area contributed by atoms with E-state index in [1.165, 1.54) is 18.4 Å². The van der Waals surface area contributed by atoms with Crippen LogP contribution in [-0.4, -0.2) is 32.6 Å². The van der Waals surface area contributed by atoms with Crippen LogP contribution in [0, 0.1) is 0 Å². The van der Waals surface area contributed by atoms with Crippen molar-refractivity contribution in [2.24, 2.45) is 10.1 Å². The van der Waals surface area contributed by atoms with E-state index in [4.69, 9.17) is 9.56 Å². The average molecular weight is 508 g/mol. The number of aliphatic hydroxyl groups is 1. The van der Waals surface area contributed by atoms with E-state index in [0.717, 1.165) is 0 Å². The van der Waals surface area contributed by atoms with Gasteiger partial charge in [-0.25, -0.2) is 18.5 Å². The third kappa shape index (κ3) is 7.13. The maximum absolute atomic E-state index is 11.4. The molecule has 2 rings (SSSR count). The summed E-state index contributed by atoms with van der Waals surface area (Å²) in [6.45, 7) is 4.62. The number of hydrogen-bond donors (Lipinski definition) is 4. The Morgan fingerprint density at radius 3 is 2.63 bits per heavy atom. The van der Waals surface area contributed by atoms with E-state index >= 15 is 0 Å². The van der Waals surface area contributed by atoms with Gasteiger partial charge in [0.25, 0.3) is 0 Å². The van der Waals surface area contributed by atoms with Crippen LogP contribution in [0.3, 0.4) is 0 Å². The topological polar surface area (TPSA) is 130 Å². The van der Waals surface area contributed by atoms with Crippen LogP contribution in [0.25, 0.3) is 0 Å². The highest BCUT2D eigenvalue weighted by Gasteiger charge is 2.26. The van der Waals surface area contributed by atoms with Gasteiger partial charge in [0.05, 0.1) is 24.2 Å². The minimum atomic E-state index is -3.75. The van der Waals surface area contributed by atoms with E-state index in [1.54, 1.807) is 31.2 Å². The highest BCUT2D eigenvalue weighted by Crippen LogP contribution is 2.19. The van der Waals surface area contributed by atoms with Gasteiger partial charge in [-0.2, -0.15) is 0 Å². The molecule has 0 spiro atoms. The number of aliphatic imine (C=N–C) groups is 1. The van der Waals surface area contributed by atoms with Crippen LogP contribution in [0.15, 0.2) is 57.0 Å². The molecule has 0 fully saturated rings. The quantitative estimate of drug-likeness (QED) is 0.255. The SMILES string of the molecule is CCNC(=NCc1cccc(S(N)(=O)=O)c1)NCC(C)(O)c1ccco1.I. The summed E-state index contributed by atoms with van der Waals surface area (Å²) >= 11 is 0. The number of benzene rings is 1. The minimum absolute atomic E-state index is 0. The predicted molar refractivity (Wildman–Crippen MR) is 114 cm³/mol. The van der Waals surface area contributed by atoms with Gasteiger partial charge in [-0.05, 0) is 43.7 Å². The first kappa shape index (κ1) is 23.4. The molecule has 0 amide bonds. The van der Waals surface area contributed by atoms with Crippen LogP contribution in [0.5, 0.6) is 0 Å². The number of rotatable bonds is 7. The standard InChI is InChI=1S/C17H24N4O4S.HI/c1-3-19-16(21-12-17(2,22)15-8-5-9-25-15)20-11-13-6-4-7-14(10-13)26(18,23)24;/h4-10,22H,3,11-12H2,1-2H3,(H2,18,23,24)(H2,19,20,21);1H. The van der Waals surface area contributed by atoms with Gasteiger partial charge in [0, 0.05) is 6.54 Å². The Morgan fingerprint density at radius 2 is 2.04 bits per heavy atom. The molecular weight excluding hydrogens is 483 g/mol. The van der Waals surface area contributed by atoms with Gasteiger partial charge in [0.15, 0.2) is 5.96 Å². The molecule has 1 unspecified atom stereocenters. The Kier molecular flexibility index (Phi) is 8.72. The van der Waals surface area contributed by atoms with Crippen molar-refractivity contribution in [2.45, 2.75) is 30.9 Å². The van der Waals surface area contributed by atoms with E-state index in [1.807, 2.05) is 6.92 Å². The van der Waals surface area contributed by atoms with Gasteiger partial charge < -0.3 is 20.2 Å². The second-order valence-corrected chi connectivity index (χ2v) is 7.55. The number of nitrogens with zero attached hydrogens (tertiary/aromatic N) is 1. The highest BCUT2D eigenvalue weighted by molar-refractivity contribution is 14.0. The smallest absolute Gasteiger partial charge is 0.238 e. The Balaban J connectivity index is 0.00000364. The number of sulfonamides is 1. The Bertz CT molecular complexity index is 852. The molecule has 0 aliphatic carbocycles. The third-order valence-corrected chi connectivity index (χ3v) is 4.55. The van der Waals surface area contributed by atoms with Crippen LogP contribution in [0.4, 0.5) is 0 Å². The number of primary sulfonamides is 1. The number of nitrogens with two attached hydrogens (primary N) is 1. The molecule has 0 saturated carbocycles. The minimum Gasteiger partial charge on any atom is -0.466 e. The van der Waals surface area contributed by atoms with Crippen molar-refractivity contribution in [3.63, 3.8) is 0 Å². The molecule has 1 aromatic heterocycles. The lowest BCUT2D eigenvalue weighted by molar-refractivity contribution is 0.0386. The van der Waals surface area contributed by atoms with E-state index in [0.29, 0.717) is 23.8 Å². The first-order valence-electron chi connectivity index (χ1n) is 8.12. The molecule has 1 heterocycles. The van der Waals surface area contributed by atoms with Crippen molar-refractivity contribution >= 4 is 40.0 Å². The molecule has 0 aliphatic rings. The number of hydrogen-bond acceptors (Lipinski definition) is 5. The summed E-state index contributed by atoms with van der Waals surface area (Å²) in [7, 11) is -3.75. The van der Waals surface area contributed by atoms with Crippen molar-refractivity contribution < 1.29 is 17.9 Å². The Morgan fingerprint density at radius 1 is 1.30 bits per heavy atom. The molecule has 150 valence electrons. The maximum atomic E-state index is 11.4. The van der Waals surface area contributed by atoms with Gasteiger partial charge in [-0.3, -0.25) is 0 Å². The van der Waals surface area contributed by atoms with Crippen LogP contribution < -0.4 is 15.8 Å². The van der Waals surface area contributed by atoms with Gasteiger partial charge in [-0.1, -0.05) is 12.1 Å². The first-order chi connectivity index (χ1) is 12.2. The second kappa shape index (κ2) is 10.1. The fourth-order valence-corrected chi connectivity index (χ4v) is 2.84. The monoisotopic (exact) mass is 508 g/mol. The zero-order valence-electron chi connectivity index (χ0n) is 15.2. The molecule has 0 aliphatic heterocycles. The summed E-state index contributed by atoms with van der Waals surface area (Å²) in [5.41, 5.74) is -0.501. The van der Waals surface area contributed by atoms with Crippen molar-refractivity contribution in [1.29, 1.82) is 0 Å². The largest absolute Gasteiger partial charge is 0.466 e. The summed E-state index contributed by atoms with van der Waals surface area (Å²) in [5.74, 6) is 0.932. The van der Waals surface area contributed by atoms with Crippen LogP contribution >= 0.6 is 24.0 Å². The van der Waals surface area contributed by atoms with Gasteiger partial charge in [0.2, 0.25) is 10.0 Å². The number of guanidine groups is 1. The van der Waals surface area contributed by atoms with E-state index < -0.39 is 15.6 Å². The summed E-state index contributed by atoms with van der Waals surface area (Å²) in [4.78, 5) is 4.45. The van der Waals surface area contributed by atoms with E-state index in [9.17, 15) is 13.5 Å². The fourth-order valence-electron chi connectivity index (χ4n) is 2.26. The molecule has 5 N–H and O–H groups in total. The predicted octanol–water partition coefficient (Wildman–Crippen LogP) is 1.51. The zero-order chi connectivity index (χ0) is 19.2. The Labute approximate surface area is 176 Å². The fraction of sp³-hybridized carbons (Fsp3) is 0.353. The molecule has 1 atom stereocenters. The lowest BCUT2D eigenvalue weighted by Crippen LogP contribution is -2.44. The average Bonchev–Trinajstić information content (AvgIpc) is 3.12. The van der Waals surface area contributed by atoms with Crippen molar-refractivity contribution in [2.75, 3.05) is 13.1 Å². The molecule has 0 radical (unpaired) electrons.